The van der Waals surface area contributed by atoms with E-state index in [1.165, 1.54) is 0 Å². The van der Waals surface area contributed by atoms with Crippen LogP contribution in [0.3, 0.4) is 0 Å². The lowest BCUT2D eigenvalue weighted by Gasteiger charge is -2.31. The Hall–Kier alpha value is -2.12. The zero-order valence-electron chi connectivity index (χ0n) is 12.8. The molecular formula is C13H22N6O2. The van der Waals surface area contributed by atoms with Crippen molar-refractivity contribution < 1.29 is 9.53 Å². The summed E-state index contributed by atoms with van der Waals surface area (Å²) in [5, 5.41) is 3.06. The minimum Gasteiger partial charge on any atom is -0.463 e. The second-order valence-corrected chi connectivity index (χ2v) is 4.86. The fourth-order valence-corrected chi connectivity index (χ4v) is 1.91. The normalized spacial score (nSPS) is 15.3. The average Bonchev–Trinajstić information content (AvgIpc) is 2.48. The van der Waals surface area contributed by atoms with Crippen LogP contribution in [0.1, 0.15) is 20.3 Å². The second-order valence-electron chi connectivity index (χ2n) is 4.86. The molecule has 0 atom stereocenters. The lowest BCUT2D eigenvalue weighted by Crippen LogP contribution is -2.49. The monoisotopic (exact) mass is 294 g/mol. The van der Waals surface area contributed by atoms with Gasteiger partial charge >= 0.3 is 6.01 Å². The van der Waals surface area contributed by atoms with Gasteiger partial charge in [0.1, 0.15) is 0 Å². The smallest absolute Gasteiger partial charge is 0.323 e. The van der Waals surface area contributed by atoms with Crippen LogP contribution in [0.4, 0.5) is 11.9 Å². The Bertz CT molecular complexity index is 496. The van der Waals surface area contributed by atoms with E-state index in [1.807, 2.05) is 18.7 Å². The van der Waals surface area contributed by atoms with Crippen molar-refractivity contribution in [1.82, 2.24) is 19.9 Å². The molecule has 0 aromatic carbocycles. The third-order valence-corrected chi connectivity index (χ3v) is 3.11. The number of likely N-dealkylation sites (N-methyl/N-ethyl adjacent to an activating group) is 1. The number of amides is 1. The van der Waals surface area contributed by atoms with Crippen LogP contribution in [0.5, 0.6) is 6.01 Å². The van der Waals surface area contributed by atoms with Gasteiger partial charge in [0.2, 0.25) is 17.8 Å². The van der Waals surface area contributed by atoms with Crippen molar-refractivity contribution in [3.8, 4) is 6.01 Å². The first-order valence-corrected chi connectivity index (χ1v) is 7.25. The molecule has 8 heteroatoms. The summed E-state index contributed by atoms with van der Waals surface area (Å²) in [6.07, 6.45) is 0.880. The summed E-state index contributed by atoms with van der Waals surface area (Å²) in [4.78, 5) is 28.2. The van der Waals surface area contributed by atoms with Crippen molar-refractivity contribution in [3.63, 3.8) is 0 Å². The molecule has 21 heavy (non-hydrogen) atoms. The highest BCUT2D eigenvalue weighted by Gasteiger charge is 2.24. The Morgan fingerprint density at radius 3 is 2.71 bits per heavy atom. The molecule has 1 aliphatic heterocycles. The quantitative estimate of drug-likeness (QED) is 0.811. The molecule has 2 heterocycles. The van der Waals surface area contributed by atoms with Gasteiger partial charge in [-0.15, -0.1) is 0 Å². The van der Waals surface area contributed by atoms with Gasteiger partial charge in [0.15, 0.2) is 0 Å². The first-order valence-electron chi connectivity index (χ1n) is 7.25. The number of anilines is 2. The molecule has 0 saturated carbocycles. The van der Waals surface area contributed by atoms with Crippen LogP contribution < -0.4 is 15.0 Å². The average molecular weight is 294 g/mol. The van der Waals surface area contributed by atoms with Crippen molar-refractivity contribution in [2.75, 3.05) is 50.1 Å². The van der Waals surface area contributed by atoms with E-state index >= 15 is 0 Å². The predicted octanol–water partition coefficient (Wildman–Crippen LogP) is 0.371. The van der Waals surface area contributed by atoms with Crippen LogP contribution in [-0.4, -0.2) is 65.6 Å². The van der Waals surface area contributed by atoms with E-state index in [-0.39, 0.29) is 12.5 Å². The van der Waals surface area contributed by atoms with Crippen molar-refractivity contribution in [2.45, 2.75) is 20.3 Å². The van der Waals surface area contributed by atoms with Crippen LogP contribution >= 0.6 is 0 Å². The Morgan fingerprint density at radius 1 is 1.24 bits per heavy atom. The first kappa shape index (κ1) is 15.3. The van der Waals surface area contributed by atoms with E-state index < -0.39 is 0 Å². The summed E-state index contributed by atoms with van der Waals surface area (Å²) in [5.74, 6) is 1.01. The molecule has 0 radical (unpaired) electrons. The summed E-state index contributed by atoms with van der Waals surface area (Å²) in [6, 6.07) is 0.296. The van der Waals surface area contributed by atoms with E-state index in [9.17, 15) is 4.79 Å². The van der Waals surface area contributed by atoms with Gasteiger partial charge in [0, 0.05) is 26.7 Å². The minimum absolute atomic E-state index is 0.0580. The highest BCUT2D eigenvalue weighted by Crippen LogP contribution is 2.17. The molecule has 1 saturated heterocycles. The number of hydrogen-bond donors (Lipinski definition) is 1. The number of carbonyl (C=O) groups is 1. The number of carbonyl (C=O) groups excluding carboxylic acids is 1. The molecule has 1 aromatic heterocycles. The molecule has 1 aromatic rings. The molecule has 2 rings (SSSR count). The molecule has 116 valence electrons. The van der Waals surface area contributed by atoms with Gasteiger partial charge in [0.05, 0.1) is 13.2 Å². The predicted molar refractivity (Wildman–Crippen MR) is 79.6 cm³/mol. The Morgan fingerprint density at radius 2 is 2.05 bits per heavy atom. The molecule has 1 fully saturated rings. The second kappa shape index (κ2) is 7.05. The number of rotatable bonds is 6. The molecular weight excluding hydrogens is 272 g/mol. The molecule has 1 N–H and O–H groups in total. The SMILES string of the molecule is CCCOc1nc(NCC)nc(N2CCN(C)C(=O)C2)n1. The molecule has 1 aliphatic rings. The van der Waals surface area contributed by atoms with E-state index in [1.54, 1.807) is 11.9 Å². The maximum Gasteiger partial charge on any atom is 0.323 e. The summed E-state index contributed by atoms with van der Waals surface area (Å²) in [5.41, 5.74) is 0. The standard InChI is InChI=1S/C13H22N6O2/c1-4-8-21-13-16-11(14-5-2)15-12(17-13)19-7-6-18(3)10(20)9-19/h4-9H2,1-3H3,(H,14,15,16,17). The minimum atomic E-state index is 0.0580. The van der Waals surface area contributed by atoms with Gasteiger partial charge in [-0.3, -0.25) is 4.79 Å². The van der Waals surface area contributed by atoms with Crippen molar-refractivity contribution in [2.24, 2.45) is 0 Å². The third-order valence-electron chi connectivity index (χ3n) is 3.11. The van der Waals surface area contributed by atoms with Crippen molar-refractivity contribution >= 4 is 17.8 Å². The van der Waals surface area contributed by atoms with Gasteiger partial charge in [-0.25, -0.2) is 0 Å². The lowest BCUT2D eigenvalue weighted by molar-refractivity contribution is -0.129. The van der Waals surface area contributed by atoms with Gasteiger partial charge < -0.3 is 19.9 Å². The highest BCUT2D eigenvalue weighted by atomic mass is 16.5. The largest absolute Gasteiger partial charge is 0.463 e. The number of ether oxygens (including phenoxy) is 1. The van der Waals surface area contributed by atoms with Gasteiger partial charge in [-0.1, -0.05) is 6.92 Å². The first-order chi connectivity index (χ1) is 10.1. The summed E-state index contributed by atoms with van der Waals surface area (Å²) < 4.78 is 5.50. The maximum atomic E-state index is 11.8. The Kier molecular flexibility index (Phi) is 5.13. The number of nitrogens with zero attached hydrogens (tertiary/aromatic N) is 5. The fourth-order valence-electron chi connectivity index (χ4n) is 1.91. The molecule has 0 spiro atoms. The number of piperazine rings is 1. The zero-order valence-corrected chi connectivity index (χ0v) is 12.8. The third kappa shape index (κ3) is 3.93. The van der Waals surface area contributed by atoms with Crippen molar-refractivity contribution in [1.29, 1.82) is 0 Å². The van der Waals surface area contributed by atoms with E-state index in [0.717, 1.165) is 6.42 Å². The van der Waals surface area contributed by atoms with E-state index in [4.69, 9.17) is 4.74 Å². The van der Waals surface area contributed by atoms with Crippen LogP contribution in [-0.2, 0) is 4.79 Å². The van der Waals surface area contributed by atoms with Crippen molar-refractivity contribution in [3.05, 3.63) is 0 Å². The molecule has 0 unspecified atom stereocenters. The molecule has 1 amide bonds. The van der Waals surface area contributed by atoms with E-state index in [2.05, 4.69) is 20.3 Å². The Labute approximate surface area is 124 Å². The topological polar surface area (TPSA) is 83.5 Å². The molecule has 8 nitrogen and oxygen atoms in total. The zero-order chi connectivity index (χ0) is 15.2. The number of aromatic nitrogens is 3. The van der Waals surface area contributed by atoms with Gasteiger partial charge in [-0.2, -0.15) is 15.0 Å². The summed E-state index contributed by atoms with van der Waals surface area (Å²) in [7, 11) is 1.80. The lowest BCUT2D eigenvalue weighted by atomic mass is 10.3. The van der Waals surface area contributed by atoms with Gasteiger partial charge in [-0.05, 0) is 13.3 Å². The Balaban J connectivity index is 2.20. The molecule has 0 aliphatic carbocycles. The maximum absolute atomic E-state index is 11.8. The van der Waals surface area contributed by atoms with Crippen LogP contribution in [0, 0.1) is 0 Å². The molecule has 0 bridgehead atoms. The van der Waals surface area contributed by atoms with Crippen LogP contribution in [0.25, 0.3) is 0 Å². The van der Waals surface area contributed by atoms with Gasteiger partial charge in [0.25, 0.3) is 0 Å². The fraction of sp³-hybridized carbons (Fsp3) is 0.692. The van der Waals surface area contributed by atoms with Crippen LogP contribution in [0.2, 0.25) is 0 Å². The summed E-state index contributed by atoms with van der Waals surface area (Å²) in [6.45, 7) is 6.88. The highest BCUT2D eigenvalue weighted by molar-refractivity contribution is 5.81. The number of nitrogens with one attached hydrogen (secondary N) is 1. The van der Waals surface area contributed by atoms with Crippen LogP contribution in [0.15, 0.2) is 0 Å². The number of hydrogen-bond acceptors (Lipinski definition) is 7. The van der Waals surface area contributed by atoms with E-state index in [0.29, 0.717) is 44.1 Å². The summed E-state index contributed by atoms with van der Waals surface area (Å²) >= 11 is 0.